The van der Waals surface area contributed by atoms with Crippen LogP contribution in [0.2, 0.25) is 0 Å². The maximum Gasteiger partial charge on any atom is 0.320 e. The Morgan fingerprint density at radius 1 is 1.08 bits per heavy atom. The van der Waals surface area contributed by atoms with Crippen LogP contribution in [0.3, 0.4) is 0 Å². The first-order valence-corrected chi connectivity index (χ1v) is 7.91. The van der Waals surface area contributed by atoms with Gasteiger partial charge in [-0.2, -0.15) is 0 Å². The number of hydrogen-bond acceptors (Lipinski definition) is 4. The summed E-state index contributed by atoms with van der Waals surface area (Å²) in [4.78, 5) is 24.6. The van der Waals surface area contributed by atoms with Crippen molar-refractivity contribution >= 4 is 17.5 Å². The van der Waals surface area contributed by atoms with Gasteiger partial charge in [0.1, 0.15) is 0 Å². The van der Waals surface area contributed by atoms with E-state index < -0.39 is 6.04 Å². The predicted octanol–water partition coefficient (Wildman–Crippen LogP) is 2.77. The van der Waals surface area contributed by atoms with Gasteiger partial charge in [0.15, 0.2) is 17.3 Å². The molecule has 4 rings (SSSR count). The monoisotopic (exact) mass is 336 g/mol. The Bertz CT molecular complexity index is 890. The van der Waals surface area contributed by atoms with Crippen molar-refractivity contribution in [3.05, 3.63) is 65.2 Å². The second-order valence-electron chi connectivity index (χ2n) is 5.86. The zero-order valence-electron chi connectivity index (χ0n) is 13.5. The van der Waals surface area contributed by atoms with Crippen molar-refractivity contribution in [2.45, 2.75) is 13.0 Å². The molecule has 0 aliphatic carbocycles. The zero-order chi connectivity index (χ0) is 17.4. The molecule has 0 unspecified atom stereocenters. The lowest BCUT2D eigenvalue weighted by Gasteiger charge is -2.29. The van der Waals surface area contributed by atoms with Gasteiger partial charge >= 0.3 is 6.03 Å². The molecule has 0 fully saturated rings. The molecule has 0 aromatic heterocycles. The highest BCUT2D eigenvalue weighted by atomic mass is 16.7. The summed E-state index contributed by atoms with van der Waals surface area (Å²) in [6, 6.07) is 13.8. The lowest BCUT2D eigenvalue weighted by atomic mass is 9.90. The number of rotatable bonds is 3. The second-order valence-corrected chi connectivity index (χ2v) is 5.86. The normalized spacial score (nSPS) is 18.6. The van der Waals surface area contributed by atoms with E-state index in [1.54, 1.807) is 12.1 Å². The molecule has 1 atom stereocenters. The number of carbonyl (C=O) groups excluding carboxylic acids is 2. The van der Waals surface area contributed by atoms with Crippen molar-refractivity contribution in [2.24, 2.45) is 0 Å². The Kier molecular flexibility index (Phi) is 3.65. The van der Waals surface area contributed by atoms with Gasteiger partial charge in [-0.3, -0.25) is 4.79 Å². The molecular formula is C19H16N2O4. The highest BCUT2D eigenvalue weighted by Crippen LogP contribution is 2.38. The molecule has 6 nitrogen and oxygen atoms in total. The smallest absolute Gasteiger partial charge is 0.320 e. The number of hydrogen-bond donors (Lipinski definition) is 2. The summed E-state index contributed by atoms with van der Waals surface area (Å²) in [5, 5.41) is 5.60. The van der Waals surface area contributed by atoms with Gasteiger partial charge in [-0.05, 0) is 30.2 Å². The minimum Gasteiger partial charge on any atom is -0.454 e. The molecule has 0 saturated carbocycles. The maximum atomic E-state index is 12.4. The van der Waals surface area contributed by atoms with E-state index >= 15 is 0 Å². The number of urea groups is 1. The van der Waals surface area contributed by atoms with Crippen LogP contribution in [0.15, 0.2) is 54.1 Å². The highest BCUT2D eigenvalue weighted by Gasteiger charge is 2.32. The molecular weight excluding hydrogens is 320 g/mol. The van der Waals surface area contributed by atoms with Crippen LogP contribution in [-0.4, -0.2) is 18.6 Å². The van der Waals surface area contributed by atoms with Crippen LogP contribution >= 0.6 is 0 Å². The van der Waals surface area contributed by atoms with E-state index in [9.17, 15) is 9.59 Å². The predicted molar refractivity (Wildman–Crippen MR) is 91.0 cm³/mol. The van der Waals surface area contributed by atoms with Crippen LogP contribution in [0.1, 0.15) is 24.1 Å². The molecule has 2 amide bonds. The van der Waals surface area contributed by atoms with Crippen molar-refractivity contribution < 1.29 is 19.1 Å². The topological polar surface area (TPSA) is 76.7 Å². The average molecular weight is 336 g/mol. The molecule has 0 spiro atoms. The van der Waals surface area contributed by atoms with Crippen LogP contribution in [0, 0.1) is 0 Å². The summed E-state index contributed by atoms with van der Waals surface area (Å²) >= 11 is 0. The standard InChI is InChI=1S/C19H16N2O4/c1-11(22)16-17(12-5-3-2-4-6-12)20-19(23)21-18(16)13-7-8-14-15(9-13)25-10-24-14/h2-9,18H,10H2,1H3,(H2,20,21,23)/t18-/m1/s1. The molecule has 0 saturated heterocycles. The van der Waals surface area contributed by atoms with Gasteiger partial charge in [-0.25, -0.2) is 4.79 Å². The highest BCUT2D eigenvalue weighted by molar-refractivity contribution is 6.06. The molecule has 2 aromatic carbocycles. The number of ether oxygens (including phenoxy) is 2. The molecule has 2 aliphatic rings. The fourth-order valence-corrected chi connectivity index (χ4v) is 3.12. The van der Waals surface area contributed by atoms with Crippen molar-refractivity contribution in [1.29, 1.82) is 0 Å². The molecule has 2 aliphatic heterocycles. The van der Waals surface area contributed by atoms with Gasteiger partial charge < -0.3 is 20.1 Å². The SMILES string of the molecule is CC(=O)C1=C(c2ccccc2)NC(=O)N[C@@H]1c1ccc2c(c1)OCO2. The Morgan fingerprint density at radius 2 is 1.84 bits per heavy atom. The van der Waals surface area contributed by atoms with E-state index in [1.807, 2.05) is 36.4 Å². The van der Waals surface area contributed by atoms with E-state index in [2.05, 4.69) is 10.6 Å². The molecule has 126 valence electrons. The summed E-state index contributed by atoms with van der Waals surface area (Å²) in [5.74, 6) is 1.14. The third-order valence-electron chi connectivity index (χ3n) is 4.24. The third-order valence-corrected chi connectivity index (χ3v) is 4.24. The fourth-order valence-electron chi connectivity index (χ4n) is 3.12. The van der Waals surface area contributed by atoms with Gasteiger partial charge in [0, 0.05) is 5.57 Å². The van der Waals surface area contributed by atoms with Gasteiger partial charge in [0.2, 0.25) is 6.79 Å². The fraction of sp³-hybridized carbons (Fsp3) is 0.158. The zero-order valence-corrected chi connectivity index (χ0v) is 13.5. The first-order chi connectivity index (χ1) is 12.1. The van der Waals surface area contributed by atoms with Crippen molar-refractivity contribution in [1.82, 2.24) is 10.6 Å². The summed E-state index contributed by atoms with van der Waals surface area (Å²) in [6.45, 7) is 1.67. The van der Waals surface area contributed by atoms with E-state index in [4.69, 9.17) is 9.47 Å². The summed E-state index contributed by atoms with van der Waals surface area (Å²) in [6.07, 6.45) is 0. The molecule has 2 heterocycles. The number of fused-ring (bicyclic) bond motifs is 1. The number of Topliss-reactive ketones (excluding diaryl/α,β-unsaturated/α-hetero) is 1. The lowest BCUT2D eigenvalue weighted by molar-refractivity contribution is -0.113. The average Bonchev–Trinajstić information content (AvgIpc) is 3.09. The van der Waals surface area contributed by atoms with Crippen molar-refractivity contribution in [3.8, 4) is 11.5 Å². The van der Waals surface area contributed by atoms with Gasteiger partial charge in [-0.15, -0.1) is 0 Å². The third kappa shape index (κ3) is 2.71. The molecule has 0 radical (unpaired) electrons. The van der Waals surface area contributed by atoms with Crippen LogP contribution in [0.5, 0.6) is 11.5 Å². The summed E-state index contributed by atoms with van der Waals surface area (Å²) < 4.78 is 10.7. The van der Waals surface area contributed by atoms with E-state index in [-0.39, 0.29) is 18.6 Å². The Labute approximate surface area is 144 Å². The van der Waals surface area contributed by atoms with Gasteiger partial charge in [0.25, 0.3) is 0 Å². The van der Waals surface area contributed by atoms with Gasteiger partial charge in [-0.1, -0.05) is 36.4 Å². The van der Waals surface area contributed by atoms with E-state index in [1.165, 1.54) is 6.92 Å². The Hall–Kier alpha value is -3.28. The largest absolute Gasteiger partial charge is 0.454 e. The van der Waals surface area contributed by atoms with Crippen LogP contribution in [-0.2, 0) is 4.79 Å². The number of amides is 2. The number of nitrogens with one attached hydrogen (secondary N) is 2. The maximum absolute atomic E-state index is 12.4. The number of ketones is 1. The van der Waals surface area contributed by atoms with E-state index in [0.717, 1.165) is 11.1 Å². The molecule has 2 aromatic rings. The lowest BCUT2D eigenvalue weighted by Crippen LogP contribution is -2.44. The Balaban J connectivity index is 1.85. The molecule has 6 heteroatoms. The van der Waals surface area contributed by atoms with Gasteiger partial charge in [0.05, 0.1) is 11.7 Å². The molecule has 25 heavy (non-hydrogen) atoms. The minimum absolute atomic E-state index is 0.117. The number of benzene rings is 2. The molecule has 0 bridgehead atoms. The summed E-state index contributed by atoms with van der Waals surface area (Å²) in [5.41, 5.74) is 2.58. The molecule has 2 N–H and O–H groups in total. The summed E-state index contributed by atoms with van der Waals surface area (Å²) in [7, 11) is 0. The van der Waals surface area contributed by atoms with Crippen molar-refractivity contribution in [2.75, 3.05) is 6.79 Å². The van der Waals surface area contributed by atoms with Crippen molar-refractivity contribution in [3.63, 3.8) is 0 Å². The Morgan fingerprint density at radius 3 is 2.60 bits per heavy atom. The second kappa shape index (κ2) is 5.98. The van der Waals surface area contributed by atoms with Crippen LogP contribution in [0.25, 0.3) is 5.70 Å². The minimum atomic E-state index is -0.559. The van der Waals surface area contributed by atoms with Crippen LogP contribution < -0.4 is 20.1 Å². The quantitative estimate of drug-likeness (QED) is 0.904. The first-order valence-electron chi connectivity index (χ1n) is 7.91. The van der Waals surface area contributed by atoms with Crippen LogP contribution in [0.4, 0.5) is 4.79 Å². The van der Waals surface area contributed by atoms with E-state index in [0.29, 0.717) is 22.8 Å². The number of carbonyl (C=O) groups is 2. The first kappa shape index (κ1) is 15.3.